The van der Waals surface area contributed by atoms with E-state index in [0.717, 1.165) is 18.8 Å². The molecule has 0 fully saturated rings. The van der Waals surface area contributed by atoms with Gasteiger partial charge in [-0.15, -0.1) is 0 Å². The summed E-state index contributed by atoms with van der Waals surface area (Å²) in [5, 5.41) is 0. The fourth-order valence-corrected chi connectivity index (χ4v) is 2.80. The number of allylic oxidation sites excluding steroid dienone is 3. The largest absolute Gasteiger partial charge is 0.499 e. The van der Waals surface area contributed by atoms with Gasteiger partial charge in [-0.25, -0.2) is 0 Å². The lowest BCUT2D eigenvalue weighted by Gasteiger charge is -2.38. The summed E-state index contributed by atoms with van der Waals surface area (Å²) in [7, 11) is 0. The van der Waals surface area contributed by atoms with E-state index in [-0.39, 0.29) is 0 Å². The van der Waals surface area contributed by atoms with E-state index in [1.807, 2.05) is 6.92 Å². The SMILES string of the molecule is C=C(CCC1C(C)=CCCC1(C)C)OCC. The first-order valence-electron chi connectivity index (χ1n) is 6.44. The van der Waals surface area contributed by atoms with Crippen molar-refractivity contribution >= 4 is 0 Å². The average Bonchev–Trinajstić information content (AvgIpc) is 2.16. The zero-order chi connectivity index (χ0) is 12.2. The normalized spacial score (nSPS) is 23.8. The van der Waals surface area contributed by atoms with Crippen LogP contribution in [0.5, 0.6) is 0 Å². The molecule has 0 aliphatic heterocycles. The summed E-state index contributed by atoms with van der Waals surface area (Å²) in [5.74, 6) is 1.63. The van der Waals surface area contributed by atoms with Crippen molar-refractivity contribution in [2.75, 3.05) is 6.61 Å². The van der Waals surface area contributed by atoms with E-state index in [4.69, 9.17) is 4.74 Å². The van der Waals surface area contributed by atoms with Gasteiger partial charge in [0.25, 0.3) is 0 Å². The van der Waals surface area contributed by atoms with Crippen molar-refractivity contribution in [2.45, 2.75) is 53.4 Å². The first-order valence-corrected chi connectivity index (χ1v) is 6.44. The lowest BCUT2D eigenvalue weighted by molar-refractivity contribution is 0.179. The minimum Gasteiger partial charge on any atom is -0.499 e. The van der Waals surface area contributed by atoms with Crippen molar-refractivity contribution in [3.63, 3.8) is 0 Å². The zero-order valence-corrected chi connectivity index (χ0v) is 11.3. The highest BCUT2D eigenvalue weighted by atomic mass is 16.5. The van der Waals surface area contributed by atoms with Crippen molar-refractivity contribution < 1.29 is 4.74 Å². The summed E-state index contributed by atoms with van der Waals surface area (Å²) < 4.78 is 5.42. The molecule has 0 aromatic rings. The lowest BCUT2D eigenvalue weighted by atomic mass is 9.67. The van der Waals surface area contributed by atoms with Crippen LogP contribution >= 0.6 is 0 Å². The second-order valence-corrected chi connectivity index (χ2v) is 5.54. The number of hydrogen-bond acceptors (Lipinski definition) is 1. The van der Waals surface area contributed by atoms with Gasteiger partial charge in [0, 0.05) is 6.42 Å². The third kappa shape index (κ3) is 3.40. The van der Waals surface area contributed by atoms with Crippen molar-refractivity contribution in [1.82, 2.24) is 0 Å². The Morgan fingerprint density at radius 1 is 1.56 bits per heavy atom. The van der Waals surface area contributed by atoms with E-state index in [0.29, 0.717) is 11.3 Å². The Bertz CT molecular complexity index is 273. The Morgan fingerprint density at radius 2 is 2.25 bits per heavy atom. The van der Waals surface area contributed by atoms with Crippen molar-refractivity contribution in [2.24, 2.45) is 11.3 Å². The summed E-state index contributed by atoms with van der Waals surface area (Å²) in [6, 6.07) is 0. The molecular weight excluding hydrogens is 196 g/mol. The number of hydrogen-bond donors (Lipinski definition) is 0. The summed E-state index contributed by atoms with van der Waals surface area (Å²) in [6.07, 6.45) is 7.11. The summed E-state index contributed by atoms with van der Waals surface area (Å²) >= 11 is 0. The second-order valence-electron chi connectivity index (χ2n) is 5.54. The molecule has 0 radical (unpaired) electrons. The number of rotatable bonds is 5. The topological polar surface area (TPSA) is 9.23 Å². The molecule has 0 bridgehead atoms. The maximum absolute atomic E-state index is 5.42. The first-order chi connectivity index (χ1) is 7.47. The Labute approximate surface area is 101 Å². The van der Waals surface area contributed by atoms with Crippen LogP contribution in [0, 0.1) is 11.3 Å². The second kappa shape index (κ2) is 5.56. The fraction of sp³-hybridized carbons (Fsp3) is 0.733. The summed E-state index contributed by atoms with van der Waals surface area (Å²) in [5.41, 5.74) is 1.99. The van der Waals surface area contributed by atoms with Crippen LogP contribution in [0.2, 0.25) is 0 Å². The minimum atomic E-state index is 0.436. The average molecular weight is 222 g/mol. The molecule has 1 nitrogen and oxygen atoms in total. The van der Waals surface area contributed by atoms with Gasteiger partial charge in [0.2, 0.25) is 0 Å². The van der Waals surface area contributed by atoms with Crippen LogP contribution in [0.15, 0.2) is 24.0 Å². The third-order valence-corrected chi connectivity index (χ3v) is 3.81. The van der Waals surface area contributed by atoms with Crippen LogP contribution in [0.3, 0.4) is 0 Å². The predicted molar refractivity (Wildman–Crippen MR) is 70.3 cm³/mol. The maximum Gasteiger partial charge on any atom is 0.0888 e. The lowest BCUT2D eigenvalue weighted by Crippen LogP contribution is -2.28. The molecule has 1 atom stereocenters. The Kier molecular flexibility index (Phi) is 4.64. The van der Waals surface area contributed by atoms with Crippen LogP contribution in [0.1, 0.15) is 53.4 Å². The molecule has 1 unspecified atom stereocenters. The molecular formula is C15H26O. The van der Waals surface area contributed by atoms with E-state index in [2.05, 4.69) is 33.4 Å². The molecule has 0 saturated carbocycles. The molecule has 92 valence electrons. The summed E-state index contributed by atoms with van der Waals surface area (Å²) in [6.45, 7) is 13.8. The van der Waals surface area contributed by atoms with Gasteiger partial charge in [-0.05, 0) is 44.4 Å². The highest BCUT2D eigenvalue weighted by Gasteiger charge is 2.32. The van der Waals surface area contributed by atoms with Crippen LogP contribution < -0.4 is 0 Å². The molecule has 0 aromatic heterocycles. The van der Waals surface area contributed by atoms with Gasteiger partial charge in [0.05, 0.1) is 12.4 Å². The molecule has 0 aromatic carbocycles. The molecule has 1 aliphatic carbocycles. The van der Waals surface area contributed by atoms with Crippen LogP contribution in [-0.4, -0.2) is 6.61 Å². The quantitative estimate of drug-likeness (QED) is 0.484. The van der Waals surface area contributed by atoms with Crippen LogP contribution in [0.25, 0.3) is 0 Å². The van der Waals surface area contributed by atoms with E-state index in [9.17, 15) is 0 Å². The molecule has 16 heavy (non-hydrogen) atoms. The first kappa shape index (κ1) is 13.3. The highest BCUT2D eigenvalue weighted by molar-refractivity contribution is 5.12. The molecule has 0 spiro atoms. The van der Waals surface area contributed by atoms with Gasteiger partial charge in [-0.2, -0.15) is 0 Å². The summed E-state index contributed by atoms with van der Waals surface area (Å²) in [4.78, 5) is 0. The Morgan fingerprint density at radius 3 is 2.81 bits per heavy atom. The van der Waals surface area contributed by atoms with Gasteiger partial charge < -0.3 is 4.74 Å². The van der Waals surface area contributed by atoms with Crippen molar-refractivity contribution in [1.29, 1.82) is 0 Å². The standard InChI is InChI=1S/C15H26O/c1-6-16-13(3)9-10-14-12(2)8-7-11-15(14,4)5/h8,14H,3,6-7,9-11H2,1-2,4-5H3. The third-order valence-electron chi connectivity index (χ3n) is 3.81. The van der Waals surface area contributed by atoms with E-state index >= 15 is 0 Å². The van der Waals surface area contributed by atoms with Gasteiger partial charge in [-0.1, -0.05) is 32.1 Å². The smallest absolute Gasteiger partial charge is 0.0888 e. The molecule has 0 saturated heterocycles. The van der Waals surface area contributed by atoms with Crippen LogP contribution in [-0.2, 0) is 4.74 Å². The molecule has 1 rings (SSSR count). The predicted octanol–water partition coefficient (Wildman–Crippen LogP) is 4.70. The molecule has 1 aliphatic rings. The fourth-order valence-electron chi connectivity index (χ4n) is 2.80. The molecule has 0 N–H and O–H groups in total. The maximum atomic E-state index is 5.42. The van der Waals surface area contributed by atoms with E-state index in [1.165, 1.54) is 19.3 Å². The van der Waals surface area contributed by atoms with Gasteiger partial charge in [0.1, 0.15) is 0 Å². The molecule has 0 amide bonds. The minimum absolute atomic E-state index is 0.436. The Balaban J connectivity index is 2.53. The van der Waals surface area contributed by atoms with Gasteiger partial charge >= 0.3 is 0 Å². The van der Waals surface area contributed by atoms with E-state index < -0.39 is 0 Å². The number of ether oxygens (including phenoxy) is 1. The van der Waals surface area contributed by atoms with Crippen LogP contribution in [0.4, 0.5) is 0 Å². The van der Waals surface area contributed by atoms with Crippen molar-refractivity contribution in [3.8, 4) is 0 Å². The monoisotopic (exact) mass is 222 g/mol. The Hall–Kier alpha value is -0.720. The highest BCUT2D eigenvalue weighted by Crippen LogP contribution is 2.43. The zero-order valence-electron chi connectivity index (χ0n) is 11.3. The van der Waals surface area contributed by atoms with Gasteiger partial charge in [0.15, 0.2) is 0 Å². The van der Waals surface area contributed by atoms with Crippen molar-refractivity contribution in [3.05, 3.63) is 24.0 Å². The molecule has 0 heterocycles. The van der Waals surface area contributed by atoms with E-state index in [1.54, 1.807) is 5.57 Å². The molecule has 1 heteroatoms. The van der Waals surface area contributed by atoms with Gasteiger partial charge in [-0.3, -0.25) is 0 Å².